The van der Waals surface area contributed by atoms with E-state index in [0.717, 1.165) is 12.8 Å². The molecular formula is C11H24N2O4S. The van der Waals surface area contributed by atoms with E-state index in [9.17, 15) is 13.5 Å². The van der Waals surface area contributed by atoms with Crippen molar-refractivity contribution in [2.24, 2.45) is 0 Å². The number of nitrogens with one attached hydrogen (secondary N) is 1. The van der Waals surface area contributed by atoms with E-state index in [2.05, 4.69) is 4.72 Å². The highest BCUT2D eigenvalue weighted by Gasteiger charge is 2.27. The first-order valence-corrected chi connectivity index (χ1v) is 7.81. The molecule has 1 fully saturated rings. The second kappa shape index (κ2) is 6.29. The molecule has 0 saturated carbocycles. The summed E-state index contributed by atoms with van der Waals surface area (Å²) in [4.78, 5) is 1.81. The van der Waals surface area contributed by atoms with Crippen LogP contribution in [0.2, 0.25) is 0 Å². The van der Waals surface area contributed by atoms with Crippen molar-refractivity contribution in [3.05, 3.63) is 0 Å². The second-order valence-corrected chi connectivity index (χ2v) is 7.32. The molecule has 1 aliphatic rings. The van der Waals surface area contributed by atoms with E-state index >= 15 is 0 Å². The third-order valence-electron chi connectivity index (χ3n) is 2.76. The zero-order valence-electron chi connectivity index (χ0n) is 11.3. The van der Waals surface area contributed by atoms with Crippen molar-refractivity contribution in [2.75, 3.05) is 39.5 Å². The fourth-order valence-corrected chi connectivity index (χ4v) is 3.48. The number of nitrogens with zero attached hydrogens (tertiary/aromatic N) is 1. The molecule has 7 heteroatoms. The minimum atomic E-state index is -3.39. The number of hydrogen-bond donors (Lipinski definition) is 2. The molecule has 0 aromatic heterocycles. The minimum absolute atomic E-state index is 0.0141. The Morgan fingerprint density at radius 2 is 2.17 bits per heavy atom. The Morgan fingerprint density at radius 3 is 2.67 bits per heavy atom. The van der Waals surface area contributed by atoms with Gasteiger partial charge in [0, 0.05) is 19.7 Å². The van der Waals surface area contributed by atoms with Gasteiger partial charge in [-0.15, -0.1) is 0 Å². The maximum Gasteiger partial charge on any atom is 0.214 e. The monoisotopic (exact) mass is 280 g/mol. The number of sulfonamides is 1. The summed E-state index contributed by atoms with van der Waals surface area (Å²) in [7, 11) is 0.270. The third-order valence-corrected chi connectivity index (χ3v) is 4.15. The van der Waals surface area contributed by atoms with Crippen LogP contribution in [-0.2, 0) is 14.8 Å². The zero-order valence-corrected chi connectivity index (χ0v) is 12.2. The van der Waals surface area contributed by atoms with Gasteiger partial charge in [0.05, 0.1) is 17.5 Å². The highest BCUT2D eigenvalue weighted by molar-refractivity contribution is 7.89. The Morgan fingerprint density at radius 1 is 1.50 bits per heavy atom. The van der Waals surface area contributed by atoms with Gasteiger partial charge in [0.2, 0.25) is 10.0 Å². The van der Waals surface area contributed by atoms with Gasteiger partial charge in [-0.25, -0.2) is 13.1 Å². The quantitative estimate of drug-likeness (QED) is 0.651. The molecule has 0 aromatic rings. The highest BCUT2D eigenvalue weighted by Crippen LogP contribution is 2.13. The summed E-state index contributed by atoms with van der Waals surface area (Å²) in [6, 6.07) is 0. The van der Waals surface area contributed by atoms with E-state index in [0.29, 0.717) is 13.2 Å². The lowest BCUT2D eigenvalue weighted by molar-refractivity contribution is 0.0384. The van der Waals surface area contributed by atoms with Crippen molar-refractivity contribution >= 4 is 10.0 Å². The molecule has 2 atom stereocenters. The molecule has 0 aliphatic carbocycles. The zero-order chi connectivity index (χ0) is 13.8. The summed E-state index contributed by atoms with van der Waals surface area (Å²) in [5.41, 5.74) is -1.08. The maximum absolute atomic E-state index is 11.8. The van der Waals surface area contributed by atoms with Crippen molar-refractivity contribution < 1.29 is 18.3 Å². The molecule has 1 heterocycles. The average Bonchev–Trinajstić information content (AvgIpc) is 2.65. The molecular weight excluding hydrogens is 256 g/mol. The predicted octanol–water partition coefficient (Wildman–Crippen LogP) is -0.603. The average molecular weight is 280 g/mol. The Hall–Kier alpha value is -0.210. The molecule has 1 rings (SSSR count). The number of rotatable bonds is 7. The fraction of sp³-hybridized carbons (Fsp3) is 1.00. The van der Waals surface area contributed by atoms with Gasteiger partial charge in [-0.2, -0.15) is 0 Å². The van der Waals surface area contributed by atoms with Crippen LogP contribution in [0.15, 0.2) is 0 Å². The summed E-state index contributed by atoms with van der Waals surface area (Å²) in [6.45, 7) is 2.66. The molecule has 0 aromatic carbocycles. The van der Waals surface area contributed by atoms with E-state index in [1.807, 2.05) is 19.0 Å². The van der Waals surface area contributed by atoms with Gasteiger partial charge in [0.15, 0.2) is 0 Å². The molecule has 0 amide bonds. The summed E-state index contributed by atoms with van der Waals surface area (Å²) >= 11 is 0. The first-order chi connectivity index (χ1) is 8.20. The number of ether oxygens (including phenoxy) is 1. The standard InChI is InChI=1S/C11H24N2O4S/c1-11(14,9-13(2)3)8-12-18(15,16)7-10-5-4-6-17-10/h10,12,14H,4-9H2,1-3H3. The van der Waals surface area contributed by atoms with Gasteiger partial charge in [-0.1, -0.05) is 0 Å². The SMILES string of the molecule is CN(C)CC(C)(O)CNS(=O)(=O)CC1CCCO1. The van der Waals surface area contributed by atoms with Crippen molar-refractivity contribution in [3.8, 4) is 0 Å². The molecule has 18 heavy (non-hydrogen) atoms. The fourth-order valence-electron chi connectivity index (χ4n) is 2.08. The number of hydrogen-bond acceptors (Lipinski definition) is 5. The Bertz CT molecular complexity index is 348. The summed E-state index contributed by atoms with van der Waals surface area (Å²) < 4.78 is 31.3. The van der Waals surface area contributed by atoms with Crippen LogP contribution in [0.4, 0.5) is 0 Å². The lowest BCUT2D eigenvalue weighted by Gasteiger charge is -2.27. The predicted molar refractivity (Wildman–Crippen MR) is 69.9 cm³/mol. The van der Waals surface area contributed by atoms with E-state index < -0.39 is 15.6 Å². The normalized spacial score (nSPS) is 24.4. The minimum Gasteiger partial charge on any atom is -0.387 e. The first kappa shape index (κ1) is 15.8. The molecule has 0 spiro atoms. The third kappa shape index (κ3) is 6.10. The Balaban J connectivity index is 2.40. The van der Waals surface area contributed by atoms with Crippen LogP contribution in [0, 0.1) is 0 Å². The highest BCUT2D eigenvalue weighted by atomic mass is 32.2. The lowest BCUT2D eigenvalue weighted by Crippen LogP contribution is -2.48. The molecule has 0 radical (unpaired) electrons. The van der Waals surface area contributed by atoms with Gasteiger partial charge in [-0.3, -0.25) is 0 Å². The molecule has 1 aliphatic heterocycles. The van der Waals surface area contributed by atoms with Crippen LogP contribution < -0.4 is 4.72 Å². The van der Waals surface area contributed by atoms with Crippen LogP contribution in [0.5, 0.6) is 0 Å². The van der Waals surface area contributed by atoms with Gasteiger partial charge < -0.3 is 14.7 Å². The molecule has 108 valence electrons. The summed E-state index contributed by atoms with van der Waals surface area (Å²) in [5.74, 6) is -0.0228. The Kier molecular flexibility index (Phi) is 5.54. The molecule has 6 nitrogen and oxygen atoms in total. The van der Waals surface area contributed by atoms with E-state index in [1.165, 1.54) is 0 Å². The Labute approximate surface area is 109 Å². The van der Waals surface area contributed by atoms with Crippen LogP contribution in [-0.4, -0.2) is 69.7 Å². The van der Waals surface area contributed by atoms with Crippen LogP contribution in [0.1, 0.15) is 19.8 Å². The van der Waals surface area contributed by atoms with Crippen LogP contribution in [0.3, 0.4) is 0 Å². The van der Waals surface area contributed by atoms with Crippen molar-refractivity contribution in [2.45, 2.75) is 31.5 Å². The largest absolute Gasteiger partial charge is 0.387 e. The number of aliphatic hydroxyl groups is 1. The summed E-state index contributed by atoms with van der Waals surface area (Å²) in [5, 5.41) is 10.0. The van der Waals surface area contributed by atoms with Gasteiger partial charge in [0.1, 0.15) is 0 Å². The molecule has 0 bridgehead atoms. The van der Waals surface area contributed by atoms with E-state index in [4.69, 9.17) is 4.74 Å². The first-order valence-electron chi connectivity index (χ1n) is 6.16. The van der Waals surface area contributed by atoms with Crippen molar-refractivity contribution in [1.29, 1.82) is 0 Å². The molecule has 1 saturated heterocycles. The summed E-state index contributed by atoms with van der Waals surface area (Å²) in [6.07, 6.45) is 1.49. The molecule has 2 N–H and O–H groups in total. The lowest BCUT2D eigenvalue weighted by atomic mass is 10.1. The van der Waals surface area contributed by atoms with Crippen LogP contribution >= 0.6 is 0 Å². The second-order valence-electron chi connectivity index (χ2n) is 5.47. The van der Waals surface area contributed by atoms with E-state index in [1.54, 1.807) is 6.92 Å². The van der Waals surface area contributed by atoms with Gasteiger partial charge >= 0.3 is 0 Å². The smallest absolute Gasteiger partial charge is 0.214 e. The van der Waals surface area contributed by atoms with Crippen LogP contribution in [0.25, 0.3) is 0 Å². The topological polar surface area (TPSA) is 78.9 Å². The van der Waals surface area contributed by atoms with Gasteiger partial charge in [-0.05, 0) is 33.9 Å². The van der Waals surface area contributed by atoms with Gasteiger partial charge in [0.25, 0.3) is 0 Å². The number of likely N-dealkylation sites (N-methyl/N-ethyl adjacent to an activating group) is 1. The maximum atomic E-state index is 11.8. The van der Waals surface area contributed by atoms with E-state index in [-0.39, 0.29) is 18.4 Å². The van der Waals surface area contributed by atoms with Crippen molar-refractivity contribution in [1.82, 2.24) is 9.62 Å². The molecule has 2 unspecified atom stereocenters. The van der Waals surface area contributed by atoms with Crippen molar-refractivity contribution in [3.63, 3.8) is 0 Å².